The van der Waals surface area contributed by atoms with E-state index in [1.54, 1.807) is 0 Å². The molecular weight excluding hydrogens is 286 g/mol. The predicted molar refractivity (Wildman–Crippen MR) is 72.5 cm³/mol. The van der Waals surface area contributed by atoms with Crippen molar-refractivity contribution in [3.05, 3.63) is 57.5 Å². The van der Waals surface area contributed by atoms with Crippen LogP contribution >= 0.6 is 27.5 Å². The molecule has 0 amide bonds. The Hall–Kier alpha value is -0.830. The van der Waals surface area contributed by atoms with E-state index >= 15 is 0 Å². The van der Waals surface area contributed by atoms with Gasteiger partial charge >= 0.3 is 0 Å². The van der Waals surface area contributed by atoms with E-state index in [0.717, 1.165) is 26.2 Å². The second-order valence-electron chi connectivity index (χ2n) is 3.52. The largest absolute Gasteiger partial charge is 0.326 e. The van der Waals surface area contributed by atoms with Gasteiger partial charge < -0.3 is 5.73 Å². The van der Waals surface area contributed by atoms with Gasteiger partial charge in [-0.2, -0.15) is 0 Å². The van der Waals surface area contributed by atoms with Crippen molar-refractivity contribution in [1.29, 1.82) is 0 Å². The Bertz CT molecular complexity index is 494. The Morgan fingerprint density at radius 1 is 1.00 bits per heavy atom. The Morgan fingerprint density at radius 2 is 1.62 bits per heavy atom. The molecular formula is C13H11BrClN. The molecule has 1 nitrogen and oxygen atoms in total. The maximum Gasteiger partial charge on any atom is 0.0451 e. The molecule has 0 aliphatic rings. The monoisotopic (exact) mass is 295 g/mol. The Labute approximate surface area is 108 Å². The lowest BCUT2D eigenvalue weighted by Crippen LogP contribution is -1.97. The maximum atomic E-state index is 6.02. The highest BCUT2D eigenvalue weighted by Crippen LogP contribution is 2.26. The Kier molecular flexibility index (Phi) is 3.64. The van der Waals surface area contributed by atoms with E-state index in [-0.39, 0.29) is 0 Å². The average molecular weight is 297 g/mol. The lowest BCUT2D eigenvalue weighted by atomic mass is 10.0. The zero-order valence-electron chi connectivity index (χ0n) is 8.58. The zero-order valence-corrected chi connectivity index (χ0v) is 10.9. The summed E-state index contributed by atoms with van der Waals surface area (Å²) in [4.78, 5) is 0. The van der Waals surface area contributed by atoms with Crippen LogP contribution in [0.2, 0.25) is 5.02 Å². The molecule has 0 unspecified atom stereocenters. The smallest absolute Gasteiger partial charge is 0.0451 e. The standard InChI is InChI=1S/C13H11BrClN/c14-12-4-1-9(2-5-12)10-3-6-13(15)11(7-10)8-16/h1-7H,8,16H2. The Morgan fingerprint density at radius 3 is 2.25 bits per heavy atom. The fourth-order valence-electron chi connectivity index (χ4n) is 1.55. The van der Waals surface area contributed by atoms with Crippen molar-refractivity contribution in [3.63, 3.8) is 0 Å². The number of rotatable bonds is 2. The first-order valence-electron chi connectivity index (χ1n) is 4.95. The molecule has 0 saturated heterocycles. The highest BCUT2D eigenvalue weighted by molar-refractivity contribution is 9.10. The lowest BCUT2D eigenvalue weighted by Gasteiger charge is -2.06. The van der Waals surface area contributed by atoms with Gasteiger partial charge in [0.1, 0.15) is 0 Å². The second-order valence-corrected chi connectivity index (χ2v) is 4.84. The average Bonchev–Trinajstić information content (AvgIpc) is 2.31. The van der Waals surface area contributed by atoms with E-state index in [1.807, 2.05) is 30.3 Å². The first kappa shape index (κ1) is 11.6. The molecule has 0 saturated carbocycles. The highest BCUT2D eigenvalue weighted by atomic mass is 79.9. The third-order valence-corrected chi connectivity index (χ3v) is 3.34. The van der Waals surface area contributed by atoms with Gasteiger partial charge in [-0.1, -0.05) is 45.7 Å². The van der Waals surface area contributed by atoms with E-state index < -0.39 is 0 Å². The van der Waals surface area contributed by atoms with Crippen molar-refractivity contribution < 1.29 is 0 Å². The van der Waals surface area contributed by atoms with Gasteiger partial charge in [-0.15, -0.1) is 0 Å². The van der Waals surface area contributed by atoms with E-state index in [9.17, 15) is 0 Å². The molecule has 0 aliphatic carbocycles. The molecule has 2 aromatic rings. The summed E-state index contributed by atoms with van der Waals surface area (Å²) in [5.74, 6) is 0. The molecule has 0 aliphatic heterocycles. The molecule has 0 spiro atoms. The van der Waals surface area contributed by atoms with Gasteiger partial charge in [0.15, 0.2) is 0 Å². The van der Waals surface area contributed by atoms with Crippen LogP contribution in [0.1, 0.15) is 5.56 Å². The molecule has 0 bridgehead atoms. The Balaban J connectivity index is 2.44. The van der Waals surface area contributed by atoms with Crippen molar-refractivity contribution >= 4 is 27.5 Å². The van der Waals surface area contributed by atoms with Crippen molar-refractivity contribution in [1.82, 2.24) is 0 Å². The molecule has 0 heterocycles. The summed E-state index contributed by atoms with van der Waals surface area (Å²) in [7, 11) is 0. The molecule has 2 N–H and O–H groups in total. The minimum atomic E-state index is 0.462. The lowest BCUT2D eigenvalue weighted by molar-refractivity contribution is 1.07. The van der Waals surface area contributed by atoms with E-state index in [1.165, 1.54) is 0 Å². The third-order valence-electron chi connectivity index (χ3n) is 2.44. The highest BCUT2D eigenvalue weighted by Gasteiger charge is 2.02. The molecule has 2 rings (SSSR count). The quantitative estimate of drug-likeness (QED) is 0.882. The third kappa shape index (κ3) is 2.46. The van der Waals surface area contributed by atoms with Crippen LogP contribution in [-0.2, 0) is 6.54 Å². The summed E-state index contributed by atoms with van der Waals surface area (Å²) < 4.78 is 1.07. The van der Waals surface area contributed by atoms with Crippen LogP contribution in [0.25, 0.3) is 11.1 Å². The summed E-state index contributed by atoms with van der Waals surface area (Å²) in [5.41, 5.74) is 8.90. The molecule has 0 radical (unpaired) electrons. The first-order valence-corrected chi connectivity index (χ1v) is 6.12. The van der Waals surface area contributed by atoms with Crippen molar-refractivity contribution in [2.75, 3.05) is 0 Å². The van der Waals surface area contributed by atoms with Crippen LogP contribution in [0.4, 0.5) is 0 Å². The molecule has 0 fully saturated rings. The van der Waals surface area contributed by atoms with Crippen LogP contribution < -0.4 is 5.73 Å². The number of hydrogen-bond acceptors (Lipinski definition) is 1. The van der Waals surface area contributed by atoms with Crippen molar-refractivity contribution in [2.45, 2.75) is 6.54 Å². The van der Waals surface area contributed by atoms with Crippen LogP contribution in [0.3, 0.4) is 0 Å². The minimum Gasteiger partial charge on any atom is -0.326 e. The number of benzene rings is 2. The fraction of sp³-hybridized carbons (Fsp3) is 0.0769. The number of nitrogens with two attached hydrogens (primary N) is 1. The number of hydrogen-bond donors (Lipinski definition) is 1. The summed E-state index contributed by atoms with van der Waals surface area (Å²) in [5, 5.41) is 0.725. The summed E-state index contributed by atoms with van der Waals surface area (Å²) in [6, 6.07) is 14.1. The summed E-state index contributed by atoms with van der Waals surface area (Å²) in [6.45, 7) is 0.462. The minimum absolute atomic E-state index is 0.462. The summed E-state index contributed by atoms with van der Waals surface area (Å²) >= 11 is 9.44. The molecule has 3 heteroatoms. The van der Waals surface area contributed by atoms with Crippen molar-refractivity contribution in [3.8, 4) is 11.1 Å². The van der Waals surface area contributed by atoms with E-state index in [2.05, 4.69) is 28.1 Å². The molecule has 0 atom stereocenters. The second kappa shape index (κ2) is 5.00. The van der Waals surface area contributed by atoms with Gasteiger partial charge in [-0.25, -0.2) is 0 Å². The summed E-state index contributed by atoms with van der Waals surface area (Å²) in [6.07, 6.45) is 0. The van der Waals surface area contributed by atoms with Gasteiger partial charge in [0.25, 0.3) is 0 Å². The maximum absolute atomic E-state index is 6.02. The normalized spacial score (nSPS) is 10.4. The van der Waals surface area contributed by atoms with Crippen LogP contribution in [0, 0.1) is 0 Å². The predicted octanol–water partition coefficient (Wildman–Crippen LogP) is 4.23. The number of halogens is 2. The first-order chi connectivity index (χ1) is 7.70. The van der Waals surface area contributed by atoms with Gasteiger partial charge in [0, 0.05) is 16.0 Å². The van der Waals surface area contributed by atoms with Gasteiger partial charge in [0.05, 0.1) is 0 Å². The SMILES string of the molecule is NCc1cc(-c2ccc(Br)cc2)ccc1Cl. The molecule has 82 valence electrons. The van der Waals surface area contributed by atoms with Crippen molar-refractivity contribution in [2.24, 2.45) is 5.73 Å². The molecule has 16 heavy (non-hydrogen) atoms. The zero-order chi connectivity index (χ0) is 11.5. The van der Waals surface area contributed by atoms with Crippen LogP contribution in [0.15, 0.2) is 46.9 Å². The molecule has 0 aromatic heterocycles. The van der Waals surface area contributed by atoms with E-state index in [4.69, 9.17) is 17.3 Å². The van der Waals surface area contributed by atoms with Gasteiger partial charge in [0.2, 0.25) is 0 Å². The van der Waals surface area contributed by atoms with Gasteiger partial charge in [-0.3, -0.25) is 0 Å². The van der Waals surface area contributed by atoms with Crippen LogP contribution in [0.5, 0.6) is 0 Å². The van der Waals surface area contributed by atoms with E-state index in [0.29, 0.717) is 6.54 Å². The topological polar surface area (TPSA) is 26.0 Å². The van der Waals surface area contributed by atoms with Crippen LogP contribution in [-0.4, -0.2) is 0 Å². The molecule has 2 aromatic carbocycles. The fourth-order valence-corrected chi connectivity index (χ4v) is 2.01. The van der Waals surface area contributed by atoms with Gasteiger partial charge in [-0.05, 0) is 41.0 Å².